The molecule has 0 saturated heterocycles. The van der Waals surface area contributed by atoms with Crippen LogP contribution in [0, 0.1) is 11.3 Å². The highest BCUT2D eigenvalue weighted by Crippen LogP contribution is 2.15. The summed E-state index contributed by atoms with van der Waals surface area (Å²) in [6, 6.07) is 8.64. The minimum Gasteiger partial charge on any atom is -0.462 e. The summed E-state index contributed by atoms with van der Waals surface area (Å²) < 4.78 is 4.73. The first-order valence-electron chi connectivity index (χ1n) is 5.98. The van der Waals surface area contributed by atoms with Crippen LogP contribution in [0.2, 0.25) is 0 Å². The van der Waals surface area contributed by atoms with Gasteiger partial charge < -0.3 is 15.4 Å². The first-order chi connectivity index (χ1) is 9.56. The van der Waals surface area contributed by atoms with Gasteiger partial charge in [-0.15, -0.1) is 0 Å². The fourth-order valence-corrected chi connectivity index (χ4v) is 1.39. The molecule has 20 heavy (non-hydrogen) atoms. The Bertz CT molecular complexity index is 573. The van der Waals surface area contributed by atoms with E-state index in [0.29, 0.717) is 11.4 Å². The zero-order valence-corrected chi connectivity index (χ0v) is 11.3. The maximum Gasteiger partial charge on any atom is 0.350 e. The van der Waals surface area contributed by atoms with E-state index < -0.39 is 5.97 Å². The van der Waals surface area contributed by atoms with Crippen molar-refractivity contribution >= 4 is 23.3 Å². The number of nitriles is 1. The second kappa shape index (κ2) is 7.59. The summed E-state index contributed by atoms with van der Waals surface area (Å²) in [5.41, 5.74) is 1.12. The number of hydrogen-bond donors (Lipinski definition) is 2. The summed E-state index contributed by atoms with van der Waals surface area (Å²) in [7, 11) is 0. The number of carbonyl (C=O) groups is 2. The third-order valence-corrected chi connectivity index (χ3v) is 2.18. The van der Waals surface area contributed by atoms with Crippen molar-refractivity contribution in [3.63, 3.8) is 0 Å². The molecule has 0 aliphatic carbocycles. The number of esters is 1. The van der Waals surface area contributed by atoms with Crippen LogP contribution in [0.1, 0.15) is 13.8 Å². The van der Waals surface area contributed by atoms with E-state index in [1.807, 2.05) is 0 Å². The van der Waals surface area contributed by atoms with Crippen molar-refractivity contribution in [1.29, 1.82) is 5.26 Å². The average molecular weight is 273 g/mol. The lowest BCUT2D eigenvalue weighted by molar-refractivity contribution is -0.138. The Kier molecular flexibility index (Phi) is 5.78. The molecule has 6 nitrogen and oxygen atoms in total. The Balaban J connectivity index is 2.80. The quantitative estimate of drug-likeness (QED) is 0.486. The number of ether oxygens (including phenoxy) is 1. The SMILES string of the molecule is CCOC(=O)/C(C#N)=C\Nc1cccc(NC(C)=O)c1. The lowest BCUT2D eigenvalue weighted by atomic mass is 10.2. The van der Waals surface area contributed by atoms with Crippen LogP contribution in [0.4, 0.5) is 11.4 Å². The molecule has 2 N–H and O–H groups in total. The molecule has 0 aliphatic rings. The molecule has 0 saturated carbocycles. The van der Waals surface area contributed by atoms with Crippen LogP contribution in [-0.4, -0.2) is 18.5 Å². The third kappa shape index (κ3) is 4.82. The molecule has 0 aromatic heterocycles. The van der Waals surface area contributed by atoms with E-state index in [1.54, 1.807) is 37.3 Å². The number of nitrogens with one attached hydrogen (secondary N) is 2. The maximum absolute atomic E-state index is 11.4. The molecule has 1 aromatic carbocycles. The molecule has 0 heterocycles. The van der Waals surface area contributed by atoms with Crippen LogP contribution in [0.5, 0.6) is 0 Å². The second-order valence-corrected chi connectivity index (χ2v) is 3.80. The smallest absolute Gasteiger partial charge is 0.350 e. The lowest BCUT2D eigenvalue weighted by Gasteiger charge is -2.06. The van der Waals surface area contributed by atoms with Gasteiger partial charge in [0, 0.05) is 24.5 Å². The van der Waals surface area contributed by atoms with Crippen LogP contribution < -0.4 is 10.6 Å². The topological polar surface area (TPSA) is 91.2 Å². The minimum absolute atomic E-state index is 0.128. The van der Waals surface area contributed by atoms with Gasteiger partial charge in [0.2, 0.25) is 5.91 Å². The van der Waals surface area contributed by atoms with E-state index >= 15 is 0 Å². The molecule has 0 unspecified atom stereocenters. The van der Waals surface area contributed by atoms with E-state index in [0.717, 1.165) is 0 Å². The van der Waals surface area contributed by atoms with E-state index in [4.69, 9.17) is 10.00 Å². The molecule has 0 fully saturated rings. The summed E-state index contributed by atoms with van der Waals surface area (Å²) in [4.78, 5) is 22.3. The Labute approximate surface area is 117 Å². The molecule has 0 bridgehead atoms. The van der Waals surface area contributed by atoms with Gasteiger partial charge in [0.25, 0.3) is 0 Å². The van der Waals surface area contributed by atoms with Crippen molar-refractivity contribution in [2.24, 2.45) is 0 Å². The van der Waals surface area contributed by atoms with E-state index in [-0.39, 0.29) is 18.1 Å². The van der Waals surface area contributed by atoms with Crippen molar-refractivity contribution in [3.8, 4) is 6.07 Å². The number of rotatable bonds is 5. The van der Waals surface area contributed by atoms with Gasteiger partial charge in [-0.3, -0.25) is 4.79 Å². The van der Waals surface area contributed by atoms with Gasteiger partial charge >= 0.3 is 5.97 Å². The van der Waals surface area contributed by atoms with Crippen molar-refractivity contribution < 1.29 is 14.3 Å². The molecule has 1 rings (SSSR count). The number of amides is 1. The van der Waals surface area contributed by atoms with Gasteiger partial charge in [-0.1, -0.05) is 6.07 Å². The molecular weight excluding hydrogens is 258 g/mol. The molecule has 1 aromatic rings. The van der Waals surface area contributed by atoms with Gasteiger partial charge in [0.15, 0.2) is 5.57 Å². The Morgan fingerprint density at radius 2 is 2.10 bits per heavy atom. The fourth-order valence-electron chi connectivity index (χ4n) is 1.39. The summed E-state index contributed by atoms with van der Waals surface area (Å²) in [6.07, 6.45) is 1.27. The molecule has 0 radical (unpaired) electrons. The van der Waals surface area contributed by atoms with Crippen LogP contribution in [0.3, 0.4) is 0 Å². The predicted molar refractivity (Wildman–Crippen MR) is 74.7 cm³/mol. The largest absolute Gasteiger partial charge is 0.462 e. The standard InChI is InChI=1S/C14H15N3O3/c1-3-20-14(19)11(8-15)9-16-12-5-4-6-13(7-12)17-10(2)18/h4-7,9,16H,3H2,1-2H3,(H,17,18)/b11-9-. The van der Waals surface area contributed by atoms with Crippen LogP contribution in [-0.2, 0) is 14.3 Å². The van der Waals surface area contributed by atoms with Crippen molar-refractivity contribution in [2.45, 2.75) is 13.8 Å². The third-order valence-electron chi connectivity index (χ3n) is 2.18. The molecule has 0 aliphatic heterocycles. The van der Waals surface area contributed by atoms with Crippen LogP contribution in [0.15, 0.2) is 36.0 Å². The van der Waals surface area contributed by atoms with Gasteiger partial charge in [-0.2, -0.15) is 5.26 Å². The van der Waals surface area contributed by atoms with Gasteiger partial charge in [-0.05, 0) is 25.1 Å². The van der Waals surface area contributed by atoms with E-state index in [1.165, 1.54) is 13.1 Å². The van der Waals surface area contributed by atoms with Crippen LogP contribution >= 0.6 is 0 Å². The summed E-state index contributed by atoms with van der Waals surface area (Å²) in [5, 5.41) is 14.3. The van der Waals surface area contributed by atoms with E-state index in [2.05, 4.69) is 10.6 Å². The first-order valence-corrected chi connectivity index (χ1v) is 5.98. The monoisotopic (exact) mass is 273 g/mol. The Morgan fingerprint density at radius 3 is 2.70 bits per heavy atom. The zero-order chi connectivity index (χ0) is 15.0. The van der Waals surface area contributed by atoms with E-state index in [9.17, 15) is 9.59 Å². The maximum atomic E-state index is 11.4. The van der Waals surface area contributed by atoms with Crippen LogP contribution in [0.25, 0.3) is 0 Å². The number of anilines is 2. The number of hydrogen-bond acceptors (Lipinski definition) is 5. The molecule has 6 heteroatoms. The Hall–Kier alpha value is -2.81. The highest BCUT2D eigenvalue weighted by molar-refractivity contribution is 5.93. The zero-order valence-electron chi connectivity index (χ0n) is 11.3. The van der Waals surface area contributed by atoms with Gasteiger partial charge in [0.1, 0.15) is 6.07 Å². The first kappa shape index (κ1) is 15.2. The lowest BCUT2D eigenvalue weighted by Crippen LogP contribution is -2.08. The normalized spacial score (nSPS) is 10.3. The predicted octanol–water partition coefficient (Wildman–Crippen LogP) is 2.03. The summed E-state index contributed by atoms with van der Waals surface area (Å²) in [5.74, 6) is -0.859. The second-order valence-electron chi connectivity index (χ2n) is 3.80. The molecule has 0 spiro atoms. The summed E-state index contributed by atoms with van der Waals surface area (Å²) in [6.45, 7) is 3.28. The van der Waals surface area contributed by atoms with Crippen molar-refractivity contribution in [3.05, 3.63) is 36.0 Å². The average Bonchev–Trinajstić information content (AvgIpc) is 2.39. The summed E-state index contributed by atoms with van der Waals surface area (Å²) >= 11 is 0. The fraction of sp³-hybridized carbons (Fsp3) is 0.214. The molecule has 104 valence electrons. The van der Waals surface area contributed by atoms with Gasteiger partial charge in [0.05, 0.1) is 6.61 Å². The molecule has 0 atom stereocenters. The molecular formula is C14H15N3O3. The Morgan fingerprint density at radius 1 is 1.40 bits per heavy atom. The number of carbonyl (C=O) groups excluding carboxylic acids is 2. The minimum atomic E-state index is -0.680. The highest BCUT2D eigenvalue weighted by atomic mass is 16.5. The number of benzene rings is 1. The van der Waals surface area contributed by atoms with Gasteiger partial charge in [-0.25, -0.2) is 4.79 Å². The van der Waals surface area contributed by atoms with Crippen molar-refractivity contribution in [1.82, 2.24) is 0 Å². The number of nitrogens with zero attached hydrogens (tertiary/aromatic N) is 1. The highest BCUT2D eigenvalue weighted by Gasteiger charge is 2.09. The van der Waals surface area contributed by atoms with Crippen molar-refractivity contribution in [2.75, 3.05) is 17.2 Å². The molecule has 1 amide bonds.